The minimum atomic E-state index is 0.125. The maximum Gasteiger partial charge on any atom is 0.0729 e. The van der Waals surface area contributed by atoms with Gasteiger partial charge in [-0.15, -0.1) is 0 Å². The van der Waals surface area contributed by atoms with Crippen molar-refractivity contribution in [1.82, 2.24) is 0 Å². The monoisotopic (exact) mass is 79.0 g/mol. The molecule has 3 N–H and O–H groups in total. The lowest BCUT2D eigenvalue weighted by atomic mass is 11.7. The van der Waals surface area contributed by atoms with E-state index in [-0.39, 0.29) is 15.1 Å². The molecule has 0 amide bonds. The fraction of sp³-hybridized carbons (Fsp3) is 1.00. The van der Waals surface area contributed by atoms with Gasteiger partial charge >= 0.3 is 0 Å². The second-order valence-corrected chi connectivity index (χ2v) is 1.09. The standard InChI is InChI=1S/CH6NOP/c2-4-1-3/h3-4H,1-2H2. The van der Waals surface area contributed by atoms with Gasteiger partial charge in [-0.05, 0) is 8.73 Å². The van der Waals surface area contributed by atoms with Gasteiger partial charge in [0.2, 0.25) is 0 Å². The van der Waals surface area contributed by atoms with Crippen LogP contribution in [0.4, 0.5) is 0 Å². The van der Waals surface area contributed by atoms with Gasteiger partial charge in [0.05, 0.1) is 6.35 Å². The molecule has 0 bridgehead atoms. The number of hydrogen-bond acceptors (Lipinski definition) is 2. The van der Waals surface area contributed by atoms with E-state index in [4.69, 9.17) is 10.6 Å². The lowest BCUT2D eigenvalue weighted by molar-refractivity contribution is 0.372. The minimum absolute atomic E-state index is 0.125. The molecule has 0 spiro atoms. The Balaban J connectivity index is 1.97. The average Bonchev–Trinajstić information content (AvgIpc) is 1.37. The van der Waals surface area contributed by atoms with Gasteiger partial charge in [0, 0.05) is 0 Å². The van der Waals surface area contributed by atoms with E-state index in [9.17, 15) is 0 Å². The van der Waals surface area contributed by atoms with E-state index in [0.717, 1.165) is 0 Å². The van der Waals surface area contributed by atoms with Gasteiger partial charge in [-0.3, -0.25) is 0 Å². The van der Waals surface area contributed by atoms with E-state index in [2.05, 4.69) is 0 Å². The molecule has 1 atom stereocenters. The Morgan fingerprint density at radius 2 is 2.25 bits per heavy atom. The quantitative estimate of drug-likeness (QED) is 0.416. The zero-order valence-corrected chi connectivity index (χ0v) is 3.23. The fourth-order valence-corrected chi connectivity index (χ4v) is 0. The summed E-state index contributed by atoms with van der Waals surface area (Å²) in [6.45, 7) is 0. The second-order valence-electron chi connectivity index (χ2n) is 0.362. The molecule has 0 aliphatic heterocycles. The first-order valence-corrected chi connectivity index (χ1v) is 2.24. The smallest absolute Gasteiger partial charge is 0.0729 e. The molecule has 0 aromatic rings. The topological polar surface area (TPSA) is 46.2 Å². The summed E-state index contributed by atoms with van der Waals surface area (Å²) in [7, 11) is 0.196. The van der Waals surface area contributed by atoms with Crippen molar-refractivity contribution >= 4 is 8.73 Å². The van der Waals surface area contributed by atoms with Crippen LogP contribution in [0.5, 0.6) is 0 Å². The molecule has 3 heteroatoms. The highest BCUT2D eigenvalue weighted by molar-refractivity contribution is 7.34. The highest BCUT2D eigenvalue weighted by Gasteiger charge is 1.55. The van der Waals surface area contributed by atoms with Crippen molar-refractivity contribution in [3.63, 3.8) is 0 Å². The predicted molar refractivity (Wildman–Crippen MR) is 19.6 cm³/mol. The van der Waals surface area contributed by atoms with Crippen LogP contribution in [0, 0.1) is 0 Å². The molecular weight excluding hydrogens is 73.0 g/mol. The molecule has 0 heterocycles. The van der Waals surface area contributed by atoms with Crippen molar-refractivity contribution in [2.24, 2.45) is 5.50 Å². The second kappa shape index (κ2) is 3.35. The highest BCUT2D eigenvalue weighted by atomic mass is 31.1. The lowest BCUT2D eigenvalue weighted by Crippen LogP contribution is -1.73. The Morgan fingerprint density at radius 3 is 2.25 bits per heavy atom. The molecular formula is CH6NOP. The third-order valence-electron chi connectivity index (χ3n) is 0.0913. The van der Waals surface area contributed by atoms with Crippen LogP contribution in [0.25, 0.3) is 0 Å². The zero-order chi connectivity index (χ0) is 3.41. The van der Waals surface area contributed by atoms with Crippen LogP contribution in [-0.4, -0.2) is 11.5 Å². The van der Waals surface area contributed by atoms with E-state index in [1.165, 1.54) is 0 Å². The predicted octanol–water partition coefficient (Wildman–Crippen LogP) is -0.512. The molecule has 4 heavy (non-hydrogen) atoms. The lowest BCUT2D eigenvalue weighted by Gasteiger charge is -1.71. The summed E-state index contributed by atoms with van der Waals surface area (Å²) in [6.07, 6.45) is 0.125. The van der Waals surface area contributed by atoms with Crippen LogP contribution in [0.15, 0.2) is 0 Å². The first-order valence-electron chi connectivity index (χ1n) is 0.958. The van der Waals surface area contributed by atoms with Crippen molar-refractivity contribution in [1.29, 1.82) is 0 Å². The van der Waals surface area contributed by atoms with Crippen molar-refractivity contribution in [3.8, 4) is 0 Å². The van der Waals surface area contributed by atoms with Crippen LogP contribution in [0.2, 0.25) is 0 Å². The van der Waals surface area contributed by atoms with Crippen molar-refractivity contribution in [3.05, 3.63) is 0 Å². The van der Waals surface area contributed by atoms with E-state index < -0.39 is 0 Å². The summed E-state index contributed by atoms with van der Waals surface area (Å²) < 4.78 is 0. The summed E-state index contributed by atoms with van der Waals surface area (Å²) >= 11 is 0. The van der Waals surface area contributed by atoms with E-state index in [1.807, 2.05) is 0 Å². The number of rotatable bonds is 1. The molecule has 0 fully saturated rings. The number of nitrogens with two attached hydrogens (primary N) is 1. The van der Waals surface area contributed by atoms with Crippen LogP contribution in [0.3, 0.4) is 0 Å². The molecule has 0 aromatic heterocycles. The molecule has 1 unspecified atom stereocenters. The molecule has 26 valence electrons. The molecule has 0 rings (SSSR count). The Bertz CT molecular complexity index is 10.0. The van der Waals surface area contributed by atoms with Crippen molar-refractivity contribution in [2.75, 3.05) is 6.35 Å². The van der Waals surface area contributed by atoms with Crippen molar-refractivity contribution in [2.45, 2.75) is 0 Å². The third kappa shape index (κ3) is 2.35. The van der Waals surface area contributed by atoms with Gasteiger partial charge in [0.1, 0.15) is 0 Å². The molecule has 0 saturated carbocycles. The molecule has 0 aliphatic carbocycles. The summed E-state index contributed by atoms with van der Waals surface area (Å²) in [5.74, 6) is 0. The maximum absolute atomic E-state index is 7.76. The summed E-state index contributed by atoms with van der Waals surface area (Å²) in [6, 6.07) is 0. The van der Waals surface area contributed by atoms with E-state index >= 15 is 0 Å². The molecule has 0 aliphatic rings. The molecule has 0 saturated heterocycles. The highest BCUT2D eigenvalue weighted by Crippen LogP contribution is 1.84. The molecule has 0 radical (unpaired) electrons. The van der Waals surface area contributed by atoms with Crippen LogP contribution >= 0.6 is 8.73 Å². The van der Waals surface area contributed by atoms with Crippen LogP contribution < -0.4 is 5.50 Å². The molecule has 0 aromatic carbocycles. The van der Waals surface area contributed by atoms with Crippen molar-refractivity contribution < 1.29 is 5.11 Å². The number of hydrogen-bond donors (Lipinski definition) is 2. The Morgan fingerprint density at radius 1 is 2.00 bits per heavy atom. The first kappa shape index (κ1) is 4.35. The Labute approximate surface area is 26.8 Å². The maximum atomic E-state index is 7.76. The van der Waals surface area contributed by atoms with E-state index in [1.54, 1.807) is 0 Å². The summed E-state index contributed by atoms with van der Waals surface area (Å²) in [5.41, 5.74) is 4.81. The fourth-order valence-electron chi connectivity index (χ4n) is 0. The average molecular weight is 79.0 g/mol. The number of aliphatic hydroxyl groups is 1. The van der Waals surface area contributed by atoms with Gasteiger partial charge in [-0.2, -0.15) is 0 Å². The van der Waals surface area contributed by atoms with Crippen LogP contribution in [0.1, 0.15) is 0 Å². The van der Waals surface area contributed by atoms with E-state index in [0.29, 0.717) is 0 Å². The zero-order valence-electron chi connectivity index (χ0n) is 2.23. The molecule has 2 nitrogen and oxygen atoms in total. The first-order chi connectivity index (χ1) is 1.91. The van der Waals surface area contributed by atoms with Crippen LogP contribution in [-0.2, 0) is 0 Å². The SMILES string of the molecule is NPCO. The summed E-state index contributed by atoms with van der Waals surface area (Å²) in [4.78, 5) is 0. The largest absolute Gasteiger partial charge is 0.391 e. The third-order valence-corrected chi connectivity index (χ3v) is 0.274. The Kier molecular flexibility index (Phi) is 3.64. The van der Waals surface area contributed by atoms with Gasteiger partial charge < -0.3 is 10.6 Å². The summed E-state index contributed by atoms with van der Waals surface area (Å²) in [5, 5.41) is 7.76. The normalized spacial score (nSPS) is 10.5. The van der Waals surface area contributed by atoms with Gasteiger partial charge in [0.15, 0.2) is 0 Å². The van der Waals surface area contributed by atoms with Gasteiger partial charge in [-0.1, -0.05) is 0 Å². The van der Waals surface area contributed by atoms with Gasteiger partial charge in [0.25, 0.3) is 0 Å². The number of aliphatic hydroxyl groups excluding tert-OH is 1. The minimum Gasteiger partial charge on any atom is -0.391 e. The Hall–Kier alpha value is 0.350. The van der Waals surface area contributed by atoms with Gasteiger partial charge in [-0.25, -0.2) is 0 Å².